The van der Waals surface area contributed by atoms with E-state index in [1.165, 1.54) is 19.0 Å². The van der Waals surface area contributed by atoms with Crippen LogP contribution in [0.3, 0.4) is 0 Å². The maximum absolute atomic E-state index is 10.1. The average molecular weight is 216 g/mol. The van der Waals surface area contributed by atoms with Crippen molar-refractivity contribution in [2.75, 3.05) is 14.2 Å². The molecule has 1 rings (SSSR count). The summed E-state index contributed by atoms with van der Waals surface area (Å²) in [5.74, 6) is 0.446. The SMILES string of the molecule is COC(OC)C(C)(O)Cc1nnn(C)n1. The smallest absolute Gasteiger partial charge is 0.185 e. The number of methoxy groups -OCH3 is 2. The summed E-state index contributed by atoms with van der Waals surface area (Å²) in [6.45, 7) is 1.60. The molecule has 1 unspecified atom stereocenters. The second-order valence-electron chi connectivity index (χ2n) is 3.53. The summed E-state index contributed by atoms with van der Waals surface area (Å²) in [6.07, 6.45) is -0.506. The molecular formula is C8H16N4O3. The van der Waals surface area contributed by atoms with E-state index < -0.39 is 11.9 Å². The van der Waals surface area contributed by atoms with E-state index in [0.29, 0.717) is 5.82 Å². The highest BCUT2D eigenvalue weighted by Gasteiger charge is 2.34. The molecule has 1 aromatic rings. The van der Waals surface area contributed by atoms with Crippen molar-refractivity contribution in [2.24, 2.45) is 7.05 Å². The van der Waals surface area contributed by atoms with Gasteiger partial charge in [0.1, 0.15) is 5.60 Å². The summed E-state index contributed by atoms with van der Waals surface area (Å²) in [7, 11) is 4.59. The Balaban J connectivity index is 2.70. The van der Waals surface area contributed by atoms with Gasteiger partial charge in [0.05, 0.1) is 7.05 Å². The molecule has 86 valence electrons. The van der Waals surface area contributed by atoms with Crippen LogP contribution in [0.2, 0.25) is 0 Å². The first kappa shape index (κ1) is 12.0. The van der Waals surface area contributed by atoms with Crippen molar-refractivity contribution in [2.45, 2.75) is 25.2 Å². The van der Waals surface area contributed by atoms with Crippen molar-refractivity contribution in [1.29, 1.82) is 0 Å². The fraction of sp³-hybridized carbons (Fsp3) is 0.875. The zero-order chi connectivity index (χ0) is 11.5. The molecule has 1 N–H and O–H groups in total. The molecule has 0 bridgehead atoms. The van der Waals surface area contributed by atoms with Gasteiger partial charge in [-0.05, 0) is 12.1 Å². The highest BCUT2D eigenvalue weighted by molar-refractivity contribution is 4.90. The van der Waals surface area contributed by atoms with Crippen LogP contribution in [0.25, 0.3) is 0 Å². The third-order valence-corrected chi connectivity index (χ3v) is 2.00. The van der Waals surface area contributed by atoms with Crippen LogP contribution in [0, 0.1) is 0 Å². The van der Waals surface area contributed by atoms with Gasteiger partial charge in [0, 0.05) is 20.6 Å². The molecule has 7 nitrogen and oxygen atoms in total. The zero-order valence-electron chi connectivity index (χ0n) is 9.34. The van der Waals surface area contributed by atoms with Gasteiger partial charge in [-0.1, -0.05) is 0 Å². The third kappa shape index (κ3) is 2.95. The van der Waals surface area contributed by atoms with Crippen molar-refractivity contribution in [3.8, 4) is 0 Å². The molecule has 0 amide bonds. The molecule has 0 aromatic carbocycles. The molecule has 0 aliphatic rings. The van der Waals surface area contributed by atoms with E-state index in [1.54, 1.807) is 14.0 Å². The van der Waals surface area contributed by atoms with Gasteiger partial charge in [-0.15, -0.1) is 10.2 Å². The summed E-state index contributed by atoms with van der Waals surface area (Å²) in [5.41, 5.74) is -1.19. The number of tetrazole rings is 1. The van der Waals surface area contributed by atoms with Gasteiger partial charge < -0.3 is 14.6 Å². The quantitative estimate of drug-likeness (QED) is 0.644. The predicted molar refractivity (Wildman–Crippen MR) is 50.9 cm³/mol. The number of rotatable bonds is 5. The number of ether oxygens (including phenoxy) is 2. The Hall–Kier alpha value is -1.05. The van der Waals surface area contributed by atoms with Crippen LogP contribution in [0.15, 0.2) is 0 Å². The fourth-order valence-corrected chi connectivity index (χ4v) is 1.40. The lowest BCUT2D eigenvalue weighted by Crippen LogP contribution is -2.44. The van der Waals surface area contributed by atoms with E-state index in [4.69, 9.17) is 9.47 Å². The number of aliphatic hydroxyl groups is 1. The standard InChI is InChI=1S/C8H16N4O3/c1-8(13,7(14-3)15-4)5-6-9-11-12(2)10-6/h7,13H,5H2,1-4H3. The highest BCUT2D eigenvalue weighted by Crippen LogP contribution is 2.17. The number of hydrogen-bond acceptors (Lipinski definition) is 6. The summed E-state index contributed by atoms with van der Waals surface area (Å²) in [5, 5.41) is 21.5. The molecule has 15 heavy (non-hydrogen) atoms. The first-order valence-electron chi connectivity index (χ1n) is 4.50. The average Bonchev–Trinajstić information content (AvgIpc) is 2.51. The van der Waals surface area contributed by atoms with Gasteiger partial charge in [-0.3, -0.25) is 0 Å². The minimum absolute atomic E-state index is 0.215. The van der Waals surface area contributed by atoms with Gasteiger partial charge in [0.2, 0.25) is 0 Å². The first-order valence-corrected chi connectivity index (χ1v) is 4.50. The van der Waals surface area contributed by atoms with E-state index in [1.807, 2.05) is 0 Å². The van der Waals surface area contributed by atoms with Crippen LogP contribution in [0.1, 0.15) is 12.7 Å². The highest BCUT2D eigenvalue weighted by atomic mass is 16.7. The van der Waals surface area contributed by atoms with Gasteiger partial charge in [0.15, 0.2) is 12.1 Å². The number of aryl methyl sites for hydroxylation is 1. The number of aromatic nitrogens is 4. The summed E-state index contributed by atoms with van der Waals surface area (Å²) in [6, 6.07) is 0. The molecule has 0 saturated heterocycles. The van der Waals surface area contributed by atoms with Crippen LogP contribution in [-0.2, 0) is 22.9 Å². The van der Waals surface area contributed by atoms with Gasteiger partial charge >= 0.3 is 0 Å². The van der Waals surface area contributed by atoms with Crippen molar-refractivity contribution in [3.63, 3.8) is 0 Å². The van der Waals surface area contributed by atoms with Crippen LogP contribution >= 0.6 is 0 Å². The predicted octanol–water partition coefficient (Wildman–Crippen LogP) is -0.877. The second kappa shape index (κ2) is 4.65. The number of hydrogen-bond donors (Lipinski definition) is 1. The van der Waals surface area contributed by atoms with Gasteiger partial charge in [-0.2, -0.15) is 4.80 Å². The molecule has 1 aromatic heterocycles. The van der Waals surface area contributed by atoms with Crippen LogP contribution < -0.4 is 0 Å². The Morgan fingerprint density at radius 3 is 2.47 bits per heavy atom. The largest absolute Gasteiger partial charge is 0.384 e. The van der Waals surface area contributed by atoms with Gasteiger partial charge in [-0.25, -0.2) is 0 Å². The van der Waals surface area contributed by atoms with Crippen molar-refractivity contribution < 1.29 is 14.6 Å². The van der Waals surface area contributed by atoms with E-state index in [9.17, 15) is 5.11 Å². The third-order valence-electron chi connectivity index (χ3n) is 2.00. The van der Waals surface area contributed by atoms with E-state index in [0.717, 1.165) is 0 Å². The lowest BCUT2D eigenvalue weighted by molar-refractivity contribution is -0.207. The summed E-state index contributed by atoms with van der Waals surface area (Å²) in [4.78, 5) is 1.33. The maximum atomic E-state index is 10.1. The molecular weight excluding hydrogens is 200 g/mol. The minimum Gasteiger partial charge on any atom is -0.384 e. The normalized spacial score (nSPS) is 15.6. The van der Waals surface area contributed by atoms with E-state index in [-0.39, 0.29) is 6.42 Å². The molecule has 0 aliphatic carbocycles. The summed E-state index contributed by atoms with van der Waals surface area (Å²) < 4.78 is 9.98. The molecule has 7 heteroatoms. The molecule has 1 heterocycles. The fourth-order valence-electron chi connectivity index (χ4n) is 1.40. The van der Waals surface area contributed by atoms with E-state index in [2.05, 4.69) is 15.4 Å². The lowest BCUT2D eigenvalue weighted by atomic mass is 10.0. The Labute approximate surface area is 88.0 Å². The van der Waals surface area contributed by atoms with Gasteiger partial charge in [0.25, 0.3) is 0 Å². The Bertz CT molecular complexity index is 309. The Kier molecular flexibility index (Phi) is 3.72. The molecule has 0 saturated carbocycles. The minimum atomic E-state index is -1.19. The first-order chi connectivity index (χ1) is 6.99. The monoisotopic (exact) mass is 216 g/mol. The molecule has 0 fully saturated rings. The molecule has 0 spiro atoms. The van der Waals surface area contributed by atoms with Crippen LogP contribution in [0.5, 0.6) is 0 Å². The molecule has 0 aliphatic heterocycles. The Morgan fingerprint density at radius 1 is 1.47 bits per heavy atom. The lowest BCUT2D eigenvalue weighted by Gasteiger charge is -2.29. The van der Waals surface area contributed by atoms with Crippen LogP contribution in [0.4, 0.5) is 0 Å². The Morgan fingerprint density at radius 2 is 2.07 bits per heavy atom. The van der Waals surface area contributed by atoms with Crippen molar-refractivity contribution in [1.82, 2.24) is 20.2 Å². The summed E-state index contributed by atoms with van der Waals surface area (Å²) >= 11 is 0. The molecule has 1 atom stereocenters. The topological polar surface area (TPSA) is 82.3 Å². The van der Waals surface area contributed by atoms with Crippen molar-refractivity contribution >= 4 is 0 Å². The zero-order valence-corrected chi connectivity index (χ0v) is 9.34. The second-order valence-corrected chi connectivity index (χ2v) is 3.53. The van der Waals surface area contributed by atoms with E-state index >= 15 is 0 Å². The molecule has 0 radical (unpaired) electrons. The maximum Gasteiger partial charge on any atom is 0.185 e. The van der Waals surface area contributed by atoms with Crippen molar-refractivity contribution in [3.05, 3.63) is 5.82 Å². The number of nitrogens with zero attached hydrogens (tertiary/aromatic N) is 4. The van der Waals surface area contributed by atoms with Crippen LogP contribution in [-0.4, -0.2) is 51.4 Å².